The number of aryl methyl sites for hydroxylation is 1. The van der Waals surface area contributed by atoms with Gasteiger partial charge in [0.05, 0.1) is 4.90 Å². The van der Waals surface area contributed by atoms with Crippen molar-refractivity contribution in [1.29, 1.82) is 0 Å². The number of rotatable bonds is 3. The quantitative estimate of drug-likeness (QED) is 0.800. The number of carbonyl (C=O) groups is 1. The standard InChI is InChI=1S/C15H20ClNO3S/c1-4-12-6-5-7-17(12)15(18)14-9-13(21(16,19)20)8-10(2)11(14)3/h8-9,12H,4-7H2,1-3H3. The number of hydrogen-bond acceptors (Lipinski definition) is 3. The number of nitrogens with zero attached hydrogens (tertiary/aromatic N) is 1. The molecule has 1 heterocycles. The van der Waals surface area contributed by atoms with Crippen molar-refractivity contribution in [2.75, 3.05) is 6.54 Å². The third kappa shape index (κ3) is 3.24. The summed E-state index contributed by atoms with van der Waals surface area (Å²) in [7, 11) is 1.58. The van der Waals surface area contributed by atoms with Gasteiger partial charge in [0.25, 0.3) is 15.0 Å². The molecule has 1 fully saturated rings. The Kier molecular flexibility index (Phi) is 4.63. The lowest BCUT2D eigenvalue weighted by Gasteiger charge is -2.25. The second kappa shape index (κ2) is 5.97. The molecular formula is C15H20ClNO3S. The Labute approximate surface area is 130 Å². The van der Waals surface area contributed by atoms with Crippen LogP contribution in [0.4, 0.5) is 0 Å². The molecule has 0 bridgehead atoms. The molecule has 0 aliphatic carbocycles. The van der Waals surface area contributed by atoms with Crippen LogP contribution in [0, 0.1) is 13.8 Å². The number of carbonyl (C=O) groups excluding carboxylic acids is 1. The molecule has 1 atom stereocenters. The Bertz CT molecular complexity index is 670. The van der Waals surface area contributed by atoms with Gasteiger partial charge in [-0.15, -0.1) is 0 Å². The first kappa shape index (κ1) is 16.3. The van der Waals surface area contributed by atoms with Crippen LogP contribution in [0.25, 0.3) is 0 Å². The van der Waals surface area contributed by atoms with Gasteiger partial charge in [-0.2, -0.15) is 0 Å². The van der Waals surface area contributed by atoms with Crippen LogP contribution in [0.1, 0.15) is 47.7 Å². The summed E-state index contributed by atoms with van der Waals surface area (Å²) in [5.41, 5.74) is 2.01. The second-order valence-electron chi connectivity index (χ2n) is 5.55. The Morgan fingerprint density at radius 1 is 1.38 bits per heavy atom. The van der Waals surface area contributed by atoms with Crippen LogP contribution >= 0.6 is 10.7 Å². The van der Waals surface area contributed by atoms with Gasteiger partial charge in [-0.05, 0) is 56.4 Å². The predicted octanol–water partition coefficient (Wildman–Crippen LogP) is 3.25. The SMILES string of the molecule is CCC1CCCN1C(=O)c1cc(S(=O)(=O)Cl)cc(C)c1C. The summed E-state index contributed by atoms with van der Waals surface area (Å²) in [5.74, 6) is -0.0953. The summed E-state index contributed by atoms with van der Waals surface area (Å²) in [5, 5.41) is 0. The minimum atomic E-state index is -3.84. The fourth-order valence-corrected chi connectivity index (χ4v) is 3.71. The normalized spacial score (nSPS) is 19.0. The van der Waals surface area contributed by atoms with Gasteiger partial charge in [-0.3, -0.25) is 4.79 Å². The Balaban J connectivity index is 2.48. The molecule has 1 aromatic carbocycles. The molecule has 1 aliphatic rings. The minimum Gasteiger partial charge on any atom is -0.336 e. The fraction of sp³-hybridized carbons (Fsp3) is 0.533. The third-order valence-electron chi connectivity index (χ3n) is 4.26. The van der Waals surface area contributed by atoms with E-state index in [0.29, 0.717) is 5.56 Å². The van der Waals surface area contributed by atoms with Crippen LogP contribution < -0.4 is 0 Å². The summed E-state index contributed by atoms with van der Waals surface area (Å²) in [4.78, 5) is 14.6. The molecule has 0 saturated carbocycles. The van der Waals surface area contributed by atoms with E-state index in [0.717, 1.165) is 36.9 Å². The topological polar surface area (TPSA) is 54.5 Å². The number of halogens is 1. The Morgan fingerprint density at radius 3 is 2.62 bits per heavy atom. The highest BCUT2D eigenvalue weighted by Crippen LogP contribution is 2.27. The summed E-state index contributed by atoms with van der Waals surface area (Å²) < 4.78 is 23.1. The van der Waals surface area contributed by atoms with E-state index in [2.05, 4.69) is 6.92 Å². The van der Waals surface area contributed by atoms with E-state index in [9.17, 15) is 13.2 Å². The van der Waals surface area contributed by atoms with Crippen molar-refractivity contribution in [3.63, 3.8) is 0 Å². The zero-order valence-corrected chi connectivity index (χ0v) is 14.1. The lowest BCUT2D eigenvalue weighted by Crippen LogP contribution is -2.35. The average Bonchev–Trinajstić information content (AvgIpc) is 2.88. The maximum Gasteiger partial charge on any atom is 0.261 e. The first-order chi connectivity index (χ1) is 9.75. The van der Waals surface area contributed by atoms with Crippen LogP contribution in [0.5, 0.6) is 0 Å². The summed E-state index contributed by atoms with van der Waals surface area (Å²) >= 11 is 0. The van der Waals surface area contributed by atoms with E-state index >= 15 is 0 Å². The summed E-state index contributed by atoms with van der Waals surface area (Å²) in [6.45, 7) is 6.42. The van der Waals surface area contributed by atoms with E-state index in [1.54, 1.807) is 6.92 Å². The van der Waals surface area contributed by atoms with Gasteiger partial charge < -0.3 is 4.90 Å². The summed E-state index contributed by atoms with van der Waals surface area (Å²) in [6, 6.07) is 3.15. The maximum absolute atomic E-state index is 12.8. The Hall–Kier alpha value is -1.07. The van der Waals surface area contributed by atoms with Crippen LogP contribution in [0.2, 0.25) is 0 Å². The highest BCUT2D eigenvalue weighted by atomic mass is 35.7. The number of hydrogen-bond donors (Lipinski definition) is 0. The van der Waals surface area contributed by atoms with Crippen molar-refractivity contribution in [2.24, 2.45) is 0 Å². The van der Waals surface area contributed by atoms with Crippen LogP contribution in [0.3, 0.4) is 0 Å². The van der Waals surface area contributed by atoms with Crippen molar-refractivity contribution in [3.8, 4) is 0 Å². The zero-order chi connectivity index (χ0) is 15.8. The molecule has 21 heavy (non-hydrogen) atoms. The van der Waals surface area contributed by atoms with Crippen LogP contribution in [-0.2, 0) is 9.05 Å². The fourth-order valence-electron chi connectivity index (χ4n) is 2.87. The molecule has 1 saturated heterocycles. The molecule has 4 nitrogen and oxygen atoms in total. The second-order valence-corrected chi connectivity index (χ2v) is 8.12. The van der Waals surface area contributed by atoms with Crippen molar-refractivity contribution in [1.82, 2.24) is 4.90 Å². The van der Waals surface area contributed by atoms with E-state index < -0.39 is 9.05 Å². The van der Waals surface area contributed by atoms with Crippen LogP contribution in [-0.4, -0.2) is 31.8 Å². The molecule has 0 radical (unpaired) electrons. The molecule has 1 amide bonds. The molecular weight excluding hydrogens is 310 g/mol. The van der Waals surface area contributed by atoms with E-state index in [1.807, 2.05) is 11.8 Å². The molecule has 0 spiro atoms. The van der Waals surface area contributed by atoms with Gasteiger partial charge in [0.1, 0.15) is 0 Å². The monoisotopic (exact) mass is 329 g/mol. The first-order valence-corrected chi connectivity index (χ1v) is 9.43. The highest BCUT2D eigenvalue weighted by molar-refractivity contribution is 8.13. The molecule has 116 valence electrons. The predicted molar refractivity (Wildman–Crippen MR) is 83.3 cm³/mol. The van der Waals surface area contributed by atoms with Crippen molar-refractivity contribution >= 4 is 25.6 Å². The van der Waals surface area contributed by atoms with Crippen LogP contribution in [0.15, 0.2) is 17.0 Å². The number of benzene rings is 1. The van der Waals surface area contributed by atoms with Gasteiger partial charge in [0, 0.05) is 28.8 Å². The van der Waals surface area contributed by atoms with Gasteiger partial charge >= 0.3 is 0 Å². The molecule has 1 aliphatic heterocycles. The minimum absolute atomic E-state index is 0.0112. The van der Waals surface area contributed by atoms with E-state index in [-0.39, 0.29) is 16.8 Å². The summed E-state index contributed by atoms with van der Waals surface area (Å²) in [6.07, 6.45) is 2.92. The smallest absolute Gasteiger partial charge is 0.261 e. The number of amides is 1. The third-order valence-corrected chi connectivity index (χ3v) is 5.60. The lowest BCUT2D eigenvalue weighted by molar-refractivity contribution is 0.0732. The first-order valence-electron chi connectivity index (χ1n) is 7.12. The molecule has 1 unspecified atom stereocenters. The van der Waals surface area contributed by atoms with Crippen molar-refractivity contribution in [3.05, 3.63) is 28.8 Å². The molecule has 2 rings (SSSR count). The molecule has 0 aromatic heterocycles. The lowest BCUT2D eigenvalue weighted by atomic mass is 10.0. The molecule has 6 heteroatoms. The Morgan fingerprint density at radius 2 is 2.05 bits per heavy atom. The van der Waals surface area contributed by atoms with Gasteiger partial charge in [0.15, 0.2) is 0 Å². The van der Waals surface area contributed by atoms with Gasteiger partial charge in [-0.1, -0.05) is 6.92 Å². The average molecular weight is 330 g/mol. The maximum atomic E-state index is 12.8. The number of likely N-dealkylation sites (tertiary alicyclic amines) is 1. The van der Waals surface area contributed by atoms with E-state index in [1.165, 1.54) is 12.1 Å². The zero-order valence-electron chi connectivity index (χ0n) is 12.5. The van der Waals surface area contributed by atoms with E-state index in [4.69, 9.17) is 10.7 Å². The molecule has 1 aromatic rings. The molecule has 0 N–H and O–H groups in total. The highest BCUT2D eigenvalue weighted by Gasteiger charge is 2.29. The van der Waals surface area contributed by atoms with Crippen molar-refractivity contribution < 1.29 is 13.2 Å². The van der Waals surface area contributed by atoms with Gasteiger partial charge in [0.2, 0.25) is 0 Å². The van der Waals surface area contributed by atoms with Gasteiger partial charge in [-0.25, -0.2) is 8.42 Å². The largest absolute Gasteiger partial charge is 0.336 e. The van der Waals surface area contributed by atoms with Crippen molar-refractivity contribution in [2.45, 2.75) is 51.0 Å².